The van der Waals surface area contributed by atoms with Crippen molar-refractivity contribution in [2.24, 2.45) is 0 Å². The summed E-state index contributed by atoms with van der Waals surface area (Å²) >= 11 is 0. The Labute approximate surface area is 256 Å². The highest BCUT2D eigenvalue weighted by Gasteiger charge is 2.16. The van der Waals surface area contributed by atoms with Crippen molar-refractivity contribution >= 4 is 50.7 Å². The molecule has 0 spiro atoms. The van der Waals surface area contributed by atoms with E-state index >= 15 is 0 Å². The van der Waals surface area contributed by atoms with Gasteiger partial charge in [0.25, 0.3) is 0 Å². The first kappa shape index (κ1) is 33.6. The minimum atomic E-state index is -0.365. The summed E-state index contributed by atoms with van der Waals surface area (Å²) in [5.41, 5.74) is 20.2. The molecule has 0 bridgehead atoms. The molecule has 0 saturated heterocycles. The standard InChI is InChI=1S/C10H13FN4.C10H14N4.C9H13N5.CH4/c1-5(2)15-4-7(11)8-9(12)13-6(3)14-10(8)15;1-6(2)14-5-4-8-9(11)12-7(3)13-10(8)14;1-5(2)14-4-11-7-8(10)12-6(3)13-9(7)14;/h4-5H,1-3H3,(H2,12,13,14);4-6H,1-3H3,(H2,11,12,13);4-5H,1-3H3,(H2,10,12,13);1H4. The number of rotatable bonds is 3. The van der Waals surface area contributed by atoms with Crippen molar-refractivity contribution in [3.05, 3.63) is 48.1 Å². The summed E-state index contributed by atoms with van der Waals surface area (Å²) in [6, 6.07) is 2.82. The highest BCUT2D eigenvalue weighted by Crippen LogP contribution is 2.26. The summed E-state index contributed by atoms with van der Waals surface area (Å²) in [7, 11) is 0. The molecule has 44 heavy (non-hydrogen) atoms. The smallest absolute Gasteiger partial charge is 0.165 e. The molecule has 6 heterocycles. The van der Waals surface area contributed by atoms with Crippen molar-refractivity contribution in [2.75, 3.05) is 17.2 Å². The summed E-state index contributed by atoms with van der Waals surface area (Å²) in [6.45, 7) is 17.7. The Morgan fingerprint density at radius 1 is 0.636 bits per heavy atom. The Balaban J connectivity index is 0.000000178. The normalized spacial score (nSPS) is 11.2. The molecule has 13 nitrogen and oxygen atoms in total. The number of nitrogens with two attached hydrogens (primary N) is 3. The largest absolute Gasteiger partial charge is 0.383 e. The fourth-order valence-corrected chi connectivity index (χ4v) is 4.65. The van der Waals surface area contributed by atoms with E-state index in [4.69, 9.17) is 17.2 Å². The van der Waals surface area contributed by atoms with Gasteiger partial charge in [-0.05, 0) is 68.4 Å². The lowest BCUT2D eigenvalue weighted by Gasteiger charge is -2.08. The summed E-state index contributed by atoms with van der Waals surface area (Å²) in [5.74, 6) is 2.80. The number of hydrogen-bond donors (Lipinski definition) is 3. The van der Waals surface area contributed by atoms with Crippen LogP contribution in [0.25, 0.3) is 33.2 Å². The van der Waals surface area contributed by atoms with Gasteiger partial charge in [0.1, 0.15) is 45.9 Å². The van der Waals surface area contributed by atoms with Crippen LogP contribution in [0.1, 0.15) is 84.6 Å². The predicted octanol–water partition coefficient (Wildman–Crippen LogP) is 5.88. The van der Waals surface area contributed by atoms with Crippen LogP contribution in [0.4, 0.5) is 21.8 Å². The Hall–Kier alpha value is -4.88. The van der Waals surface area contributed by atoms with Crippen LogP contribution in [0.5, 0.6) is 0 Å². The zero-order valence-electron chi connectivity index (χ0n) is 26.1. The number of hydrogen-bond acceptors (Lipinski definition) is 10. The molecule has 6 rings (SSSR count). The van der Waals surface area contributed by atoms with Crippen LogP contribution in [0, 0.1) is 26.6 Å². The number of imidazole rings is 1. The van der Waals surface area contributed by atoms with Crippen LogP contribution in [-0.2, 0) is 0 Å². The maximum Gasteiger partial charge on any atom is 0.165 e. The Morgan fingerprint density at radius 3 is 1.70 bits per heavy atom. The molecule has 6 aromatic rings. The van der Waals surface area contributed by atoms with E-state index in [1.165, 1.54) is 6.20 Å². The third kappa shape index (κ3) is 6.68. The summed E-state index contributed by atoms with van der Waals surface area (Å²) in [5, 5.41) is 1.25. The summed E-state index contributed by atoms with van der Waals surface area (Å²) < 4.78 is 19.4. The quantitative estimate of drug-likeness (QED) is 0.220. The van der Waals surface area contributed by atoms with E-state index in [-0.39, 0.29) is 25.1 Å². The van der Waals surface area contributed by atoms with E-state index in [1.807, 2.05) is 44.5 Å². The maximum absolute atomic E-state index is 13.6. The van der Waals surface area contributed by atoms with Gasteiger partial charge in [-0.25, -0.2) is 39.3 Å². The number of halogens is 1. The van der Waals surface area contributed by atoms with Gasteiger partial charge in [0.2, 0.25) is 0 Å². The fraction of sp³-hybridized carbons (Fsp3) is 0.433. The van der Waals surface area contributed by atoms with E-state index in [0.717, 1.165) is 22.5 Å². The zero-order valence-corrected chi connectivity index (χ0v) is 26.1. The molecule has 0 aliphatic heterocycles. The van der Waals surface area contributed by atoms with Crippen molar-refractivity contribution in [3.8, 4) is 0 Å². The molecule has 14 heteroatoms. The van der Waals surface area contributed by atoms with Crippen LogP contribution in [0.2, 0.25) is 0 Å². The second-order valence-corrected chi connectivity index (χ2v) is 11.1. The molecular weight excluding hydrogens is 561 g/mol. The third-order valence-electron chi connectivity index (χ3n) is 6.71. The molecule has 0 amide bonds. The van der Waals surface area contributed by atoms with Gasteiger partial charge in [-0.3, -0.25) is 0 Å². The summed E-state index contributed by atoms with van der Waals surface area (Å²) in [4.78, 5) is 29.3. The number of nitrogen functional groups attached to an aromatic ring is 3. The first-order valence-corrected chi connectivity index (χ1v) is 14.1. The third-order valence-corrected chi connectivity index (χ3v) is 6.71. The Bertz CT molecular complexity index is 1810. The fourth-order valence-electron chi connectivity index (χ4n) is 4.65. The first-order chi connectivity index (χ1) is 20.2. The molecular formula is C30H44FN13. The van der Waals surface area contributed by atoms with Gasteiger partial charge in [-0.1, -0.05) is 7.43 Å². The van der Waals surface area contributed by atoms with Crippen LogP contribution in [-0.4, -0.2) is 48.6 Å². The molecule has 6 N–H and O–H groups in total. The lowest BCUT2D eigenvalue weighted by molar-refractivity contribution is 0.585. The highest BCUT2D eigenvalue weighted by atomic mass is 19.1. The molecule has 0 saturated carbocycles. The van der Waals surface area contributed by atoms with Gasteiger partial charge >= 0.3 is 0 Å². The van der Waals surface area contributed by atoms with Crippen LogP contribution < -0.4 is 17.2 Å². The average Bonchev–Trinajstić information content (AvgIpc) is 3.60. The Morgan fingerprint density at radius 2 is 1.14 bits per heavy atom. The van der Waals surface area contributed by atoms with Gasteiger partial charge in [0.05, 0.1) is 17.1 Å². The van der Waals surface area contributed by atoms with Gasteiger partial charge < -0.3 is 30.9 Å². The summed E-state index contributed by atoms with van der Waals surface area (Å²) in [6.07, 6.45) is 5.17. The zero-order chi connectivity index (χ0) is 31.7. The number of aromatic nitrogens is 10. The highest BCUT2D eigenvalue weighted by molar-refractivity contribution is 5.87. The van der Waals surface area contributed by atoms with Crippen molar-refractivity contribution in [1.82, 2.24) is 48.6 Å². The molecule has 0 unspecified atom stereocenters. The van der Waals surface area contributed by atoms with Gasteiger partial charge in [0, 0.05) is 30.5 Å². The lowest BCUT2D eigenvalue weighted by atomic mass is 10.3. The van der Waals surface area contributed by atoms with E-state index in [2.05, 4.69) is 67.1 Å². The monoisotopic (exact) mass is 605 g/mol. The predicted molar refractivity (Wildman–Crippen MR) is 176 cm³/mol. The number of fused-ring (bicyclic) bond motifs is 3. The molecule has 0 atom stereocenters. The van der Waals surface area contributed by atoms with Gasteiger partial charge in [-0.15, -0.1) is 0 Å². The molecule has 236 valence electrons. The topological polar surface area (TPSA) is 183 Å². The Kier molecular flexibility index (Phi) is 10.1. The number of anilines is 3. The van der Waals surface area contributed by atoms with Crippen LogP contribution >= 0.6 is 0 Å². The van der Waals surface area contributed by atoms with Crippen molar-refractivity contribution < 1.29 is 4.39 Å². The van der Waals surface area contributed by atoms with Gasteiger partial charge in [-0.2, -0.15) is 0 Å². The molecule has 0 aliphatic rings. The van der Waals surface area contributed by atoms with Crippen LogP contribution in [0.3, 0.4) is 0 Å². The van der Waals surface area contributed by atoms with E-state index in [0.29, 0.717) is 51.9 Å². The number of aryl methyl sites for hydroxylation is 3. The number of nitrogens with zero attached hydrogens (tertiary/aromatic N) is 10. The molecule has 0 aromatic carbocycles. The van der Waals surface area contributed by atoms with Crippen molar-refractivity contribution in [1.29, 1.82) is 0 Å². The van der Waals surface area contributed by atoms with Crippen LogP contribution in [0.15, 0.2) is 24.8 Å². The minimum Gasteiger partial charge on any atom is -0.383 e. The van der Waals surface area contributed by atoms with E-state index < -0.39 is 0 Å². The van der Waals surface area contributed by atoms with Gasteiger partial charge in [0.15, 0.2) is 17.3 Å². The molecule has 0 radical (unpaired) electrons. The van der Waals surface area contributed by atoms with E-state index in [1.54, 1.807) is 17.8 Å². The molecule has 0 aliphatic carbocycles. The van der Waals surface area contributed by atoms with E-state index in [9.17, 15) is 4.39 Å². The van der Waals surface area contributed by atoms with Crippen molar-refractivity contribution in [3.63, 3.8) is 0 Å². The second-order valence-electron chi connectivity index (χ2n) is 11.1. The SMILES string of the molecule is C.Cc1nc(N)c2c(F)cn(C(C)C)c2n1.Cc1nc(N)c2ccn(C(C)C)c2n1.Cc1nc(N)c2ncn(C(C)C)c2n1. The lowest BCUT2D eigenvalue weighted by Crippen LogP contribution is -2.03. The minimum absolute atomic E-state index is 0. The molecule has 0 fully saturated rings. The maximum atomic E-state index is 13.6. The van der Waals surface area contributed by atoms with Crippen molar-refractivity contribution in [2.45, 2.75) is 87.9 Å². The molecule has 6 aromatic heterocycles. The first-order valence-electron chi connectivity index (χ1n) is 14.1. The second kappa shape index (κ2) is 13.2. The average molecular weight is 606 g/mol.